The van der Waals surface area contributed by atoms with Crippen molar-refractivity contribution in [1.82, 2.24) is 10.2 Å². The van der Waals surface area contributed by atoms with Gasteiger partial charge in [-0.1, -0.05) is 35.0 Å². The maximum absolute atomic E-state index is 12.0. The van der Waals surface area contributed by atoms with Crippen LogP contribution in [0.3, 0.4) is 0 Å². The van der Waals surface area contributed by atoms with Gasteiger partial charge in [-0.05, 0) is 36.8 Å². The lowest BCUT2D eigenvalue weighted by molar-refractivity contribution is -0.384. The van der Waals surface area contributed by atoms with Crippen LogP contribution in [0, 0.1) is 10.1 Å². The molecule has 0 fully saturated rings. The molecule has 162 valence electrons. The summed E-state index contributed by atoms with van der Waals surface area (Å²) >= 11 is 13.0. The highest BCUT2D eigenvalue weighted by Crippen LogP contribution is 2.27. The van der Waals surface area contributed by atoms with Gasteiger partial charge in [-0.2, -0.15) is 0 Å². The number of thioether (sulfide) groups is 1. The van der Waals surface area contributed by atoms with Crippen LogP contribution in [0.4, 0.5) is 11.4 Å². The van der Waals surface area contributed by atoms with Crippen LogP contribution in [-0.2, 0) is 11.2 Å². The van der Waals surface area contributed by atoms with Gasteiger partial charge >= 0.3 is 0 Å². The molecule has 1 N–H and O–H groups in total. The lowest BCUT2D eigenvalue weighted by atomic mass is 10.3. The topological polar surface area (TPSA) is 120 Å². The van der Waals surface area contributed by atoms with E-state index in [1.165, 1.54) is 24.3 Å². The maximum atomic E-state index is 12.0. The highest BCUT2D eigenvalue weighted by atomic mass is 35.5. The number of carbonyl (C=O) groups is 1. The Hall–Kier alpha value is -2.82. The normalized spacial score (nSPS) is 10.6. The van der Waals surface area contributed by atoms with Crippen molar-refractivity contribution in [3.8, 4) is 5.75 Å². The van der Waals surface area contributed by atoms with Gasteiger partial charge in [0.1, 0.15) is 5.75 Å². The predicted octanol–water partition coefficient (Wildman–Crippen LogP) is 5.03. The molecule has 31 heavy (non-hydrogen) atoms. The average molecular weight is 483 g/mol. The van der Waals surface area contributed by atoms with E-state index in [9.17, 15) is 14.9 Å². The van der Waals surface area contributed by atoms with E-state index in [-0.39, 0.29) is 22.6 Å². The molecular formula is C19H16Cl2N4O5S. The van der Waals surface area contributed by atoms with E-state index in [1.807, 2.05) is 0 Å². The molecule has 9 nitrogen and oxygen atoms in total. The van der Waals surface area contributed by atoms with Crippen molar-refractivity contribution in [3.05, 3.63) is 68.5 Å². The van der Waals surface area contributed by atoms with Crippen LogP contribution in [-0.4, -0.2) is 33.4 Å². The molecule has 1 aromatic heterocycles. The number of carbonyl (C=O) groups excluding carboxylic acids is 1. The summed E-state index contributed by atoms with van der Waals surface area (Å²) in [4.78, 5) is 22.2. The molecule has 1 amide bonds. The lowest BCUT2D eigenvalue weighted by Crippen LogP contribution is -2.13. The molecule has 0 aliphatic carbocycles. The number of nitro groups is 1. The van der Waals surface area contributed by atoms with Crippen LogP contribution >= 0.6 is 35.0 Å². The number of ether oxygens (including phenoxy) is 1. The minimum atomic E-state index is -0.506. The van der Waals surface area contributed by atoms with Crippen LogP contribution in [0.5, 0.6) is 5.75 Å². The van der Waals surface area contributed by atoms with Crippen molar-refractivity contribution >= 4 is 52.2 Å². The Balaban J connectivity index is 1.38. The quantitative estimate of drug-likeness (QED) is 0.185. The van der Waals surface area contributed by atoms with Crippen LogP contribution in [0.25, 0.3) is 0 Å². The fraction of sp³-hybridized carbons (Fsp3) is 0.211. The molecule has 3 aromatic rings. The molecule has 0 spiro atoms. The molecule has 0 saturated carbocycles. The van der Waals surface area contributed by atoms with Crippen molar-refractivity contribution < 1.29 is 18.9 Å². The van der Waals surface area contributed by atoms with Crippen molar-refractivity contribution in [3.63, 3.8) is 0 Å². The summed E-state index contributed by atoms with van der Waals surface area (Å²) in [5, 5.41) is 22.4. The molecule has 2 aromatic carbocycles. The van der Waals surface area contributed by atoms with Gasteiger partial charge in [0, 0.05) is 29.3 Å². The molecule has 0 bridgehead atoms. The standard InChI is InChI=1S/C19H16Cl2N4O5S/c20-12-3-8-16(15(21)10-12)29-9-1-2-18-23-24-19(30-18)31-11-17(26)22-13-4-6-14(7-5-13)25(27)28/h3-8,10H,1-2,9,11H2,(H,22,26). The third kappa shape index (κ3) is 7.12. The van der Waals surface area contributed by atoms with Crippen molar-refractivity contribution in [2.24, 2.45) is 0 Å². The molecule has 0 aliphatic heterocycles. The molecule has 3 rings (SSSR count). The first kappa shape index (κ1) is 22.9. The van der Waals surface area contributed by atoms with Gasteiger partial charge in [0.2, 0.25) is 11.8 Å². The first-order valence-electron chi connectivity index (χ1n) is 8.98. The first-order valence-corrected chi connectivity index (χ1v) is 10.7. The van der Waals surface area contributed by atoms with Crippen LogP contribution in [0.15, 0.2) is 52.1 Å². The minimum absolute atomic E-state index is 0.0487. The number of aromatic nitrogens is 2. The second kappa shape index (κ2) is 11.0. The number of amides is 1. The predicted molar refractivity (Wildman–Crippen MR) is 117 cm³/mol. The van der Waals surface area contributed by atoms with E-state index < -0.39 is 4.92 Å². The van der Waals surface area contributed by atoms with E-state index in [0.717, 1.165) is 11.8 Å². The first-order chi connectivity index (χ1) is 14.9. The Kier molecular flexibility index (Phi) is 8.10. The minimum Gasteiger partial charge on any atom is -0.492 e. The number of hydrogen-bond acceptors (Lipinski definition) is 8. The van der Waals surface area contributed by atoms with Crippen molar-refractivity contribution in [2.75, 3.05) is 17.7 Å². The number of nitrogens with zero attached hydrogens (tertiary/aromatic N) is 3. The fourth-order valence-electron chi connectivity index (χ4n) is 2.39. The summed E-state index contributed by atoms with van der Waals surface area (Å²) in [7, 11) is 0. The van der Waals surface area contributed by atoms with E-state index in [4.69, 9.17) is 32.4 Å². The number of nitro benzene ring substituents is 1. The summed E-state index contributed by atoms with van der Waals surface area (Å²) in [6.07, 6.45) is 1.14. The van der Waals surface area contributed by atoms with Gasteiger partial charge in [0.25, 0.3) is 10.9 Å². The Bertz CT molecular complexity index is 1060. The molecule has 0 atom stereocenters. The molecule has 12 heteroatoms. The van der Waals surface area contributed by atoms with Crippen molar-refractivity contribution in [1.29, 1.82) is 0 Å². The maximum Gasteiger partial charge on any atom is 0.277 e. The molecule has 0 saturated heterocycles. The molecule has 0 radical (unpaired) electrons. The highest BCUT2D eigenvalue weighted by molar-refractivity contribution is 7.99. The fourth-order valence-corrected chi connectivity index (χ4v) is 3.43. The Morgan fingerprint density at radius 1 is 1.19 bits per heavy atom. The highest BCUT2D eigenvalue weighted by Gasteiger charge is 2.11. The third-order valence-corrected chi connectivity index (χ3v) is 5.17. The molecule has 0 aliphatic rings. The van der Waals surface area contributed by atoms with Gasteiger partial charge in [-0.15, -0.1) is 10.2 Å². The number of halogens is 2. The number of non-ortho nitro benzene ring substituents is 1. The molecule has 0 unspecified atom stereocenters. The zero-order chi connectivity index (χ0) is 22.2. The number of nitrogens with one attached hydrogen (secondary N) is 1. The zero-order valence-electron chi connectivity index (χ0n) is 15.9. The monoisotopic (exact) mass is 482 g/mol. The summed E-state index contributed by atoms with van der Waals surface area (Å²) in [6.45, 7) is 0.407. The number of anilines is 1. The summed E-state index contributed by atoms with van der Waals surface area (Å²) in [6, 6.07) is 10.6. The molecular weight excluding hydrogens is 467 g/mol. The average Bonchev–Trinajstić information content (AvgIpc) is 3.19. The van der Waals surface area contributed by atoms with E-state index in [1.54, 1.807) is 18.2 Å². The smallest absolute Gasteiger partial charge is 0.277 e. The van der Waals surface area contributed by atoms with Crippen LogP contribution in [0.2, 0.25) is 10.0 Å². The zero-order valence-corrected chi connectivity index (χ0v) is 18.2. The van der Waals surface area contributed by atoms with Crippen LogP contribution < -0.4 is 10.1 Å². The largest absolute Gasteiger partial charge is 0.492 e. The van der Waals surface area contributed by atoms with Crippen molar-refractivity contribution in [2.45, 2.75) is 18.1 Å². The number of rotatable bonds is 10. The third-order valence-electron chi connectivity index (χ3n) is 3.82. The number of hydrogen-bond donors (Lipinski definition) is 1. The van der Waals surface area contributed by atoms with Gasteiger partial charge in [0.15, 0.2) is 0 Å². The summed E-state index contributed by atoms with van der Waals surface area (Å²) in [5.74, 6) is 0.736. The lowest BCUT2D eigenvalue weighted by Gasteiger charge is -2.07. The van der Waals surface area contributed by atoms with E-state index >= 15 is 0 Å². The Labute approximate surface area is 191 Å². The van der Waals surface area contributed by atoms with Gasteiger partial charge in [-0.25, -0.2) is 0 Å². The number of aryl methyl sites for hydroxylation is 1. The van der Waals surface area contributed by atoms with Gasteiger partial charge < -0.3 is 14.5 Å². The second-order valence-electron chi connectivity index (χ2n) is 6.13. The summed E-state index contributed by atoms with van der Waals surface area (Å²) in [5.41, 5.74) is 0.413. The number of benzene rings is 2. The van der Waals surface area contributed by atoms with Gasteiger partial charge in [0.05, 0.1) is 22.3 Å². The van der Waals surface area contributed by atoms with E-state index in [2.05, 4.69) is 15.5 Å². The SMILES string of the molecule is O=C(CSc1nnc(CCCOc2ccc(Cl)cc2Cl)o1)Nc1ccc([N+](=O)[O-])cc1. The Morgan fingerprint density at radius 2 is 1.97 bits per heavy atom. The second-order valence-corrected chi connectivity index (χ2v) is 7.90. The molecule has 1 heterocycles. The van der Waals surface area contributed by atoms with Crippen LogP contribution in [0.1, 0.15) is 12.3 Å². The van der Waals surface area contributed by atoms with E-state index in [0.29, 0.717) is 46.8 Å². The van der Waals surface area contributed by atoms with Gasteiger partial charge in [-0.3, -0.25) is 14.9 Å². The Morgan fingerprint density at radius 3 is 2.68 bits per heavy atom. The summed E-state index contributed by atoms with van der Waals surface area (Å²) < 4.78 is 11.1.